The van der Waals surface area contributed by atoms with Gasteiger partial charge < -0.3 is 20.6 Å². The molecule has 1 unspecified atom stereocenters. The number of aliphatic hydroxyl groups excluding tert-OH is 3. The van der Waals surface area contributed by atoms with E-state index in [0.717, 1.165) is 19.4 Å². The molecule has 2 rings (SSSR count). The Kier molecular flexibility index (Phi) is 4.61. The standard InChI is InChI=1S/C13H26N2O3/c1-3-4-8(2)14-9-7-15-6-5-10(16)11(15)13(18)12(9)17/h8-14,16-18H,3-7H2,1-2H3/t8?,9-,10-,11+,12+,13+/m0/s1. The van der Waals surface area contributed by atoms with Crippen LogP contribution in [0.1, 0.15) is 33.1 Å². The zero-order valence-corrected chi connectivity index (χ0v) is 11.3. The van der Waals surface area contributed by atoms with Crippen LogP contribution in [0.3, 0.4) is 0 Å². The fourth-order valence-electron chi connectivity index (χ4n) is 3.35. The lowest BCUT2D eigenvalue weighted by Gasteiger charge is -2.44. The Morgan fingerprint density at radius 1 is 1.28 bits per heavy atom. The molecule has 0 bridgehead atoms. The maximum Gasteiger partial charge on any atom is 0.0994 e. The van der Waals surface area contributed by atoms with Gasteiger partial charge in [-0.05, 0) is 19.8 Å². The molecule has 0 radical (unpaired) electrons. The highest BCUT2D eigenvalue weighted by atomic mass is 16.3. The van der Waals surface area contributed by atoms with Gasteiger partial charge in [0, 0.05) is 25.2 Å². The van der Waals surface area contributed by atoms with Crippen molar-refractivity contribution < 1.29 is 15.3 Å². The first-order chi connectivity index (χ1) is 8.54. The molecule has 0 aromatic heterocycles. The predicted octanol–water partition coefficient (Wildman–Crippen LogP) is -0.696. The molecular weight excluding hydrogens is 232 g/mol. The highest BCUT2D eigenvalue weighted by molar-refractivity contribution is 5.03. The average Bonchev–Trinajstić information content (AvgIpc) is 2.67. The van der Waals surface area contributed by atoms with Gasteiger partial charge in [0.2, 0.25) is 0 Å². The van der Waals surface area contributed by atoms with Crippen LogP contribution < -0.4 is 5.32 Å². The van der Waals surface area contributed by atoms with Gasteiger partial charge in [-0.2, -0.15) is 0 Å². The van der Waals surface area contributed by atoms with Crippen LogP contribution in [0.5, 0.6) is 0 Å². The van der Waals surface area contributed by atoms with Crippen LogP contribution in [0.15, 0.2) is 0 Å². The van der Waals surface area contributed by atoms with Gasteiger partial charge in [0.05, 0.1) is 24.4 Å². The summed E-state index contributed by atoms with van der Waals surface area (Å²) in [6.07, 6.45) is 0.686. The number of piperidine rings is 1. The molecule has 106 valence electrons. The Balaban J connectivity index is 1.97. The number of fused-ring (bicyclic) bond motifs is 1. The second kappa shape index (κ2) is 5.84. The SMILES string of the molecule is CCCC(C)N[C@H]1CN2CC[C@H](O)[C@@H]2[C@@H](O)[C@@H]1O. The molecule has 0 spiro atoms. The second-order valence-corrected chi connectivity index (χ2v) is 5.79. The number of nitrogens with one attached hydrogen (secondary N) is 1. The minimum absolute atomic E-state index is 0.108. The van der Waals surface area contributed by atoms with Gasteiger partial charge in [-0.15, -0.1) is 0 Å². The van der Waals surface area contributed by atoms with Crippen LogP contribution in [0.2, 0.25) is 0 Å². The maximum absolute atomic E-state index is 10.2. The molecule has 0 aromatic rings. The summed E-state index contributed by atoms with van der Waals surface area (Å²) in [6, 6.07) is -0.0615. The molecule has 0 aromatic carbocycles. The van der Waals surface area contributed by atoms with E-state index in [1.807, 2.05) is 0 Å². The highest BCUT2D eigenvalue weighted by Gasteiger charge is 2.48. The van der Waals surface area contributed by atoms with Crippen molar-refractivity contribution in [1.29, 1.82) is 0 Å². The fourth-order valence-corrected chi connectivity index (χ4v) is 3.35. The lowest BCUT2D eigenvalue weighted by atomic mass is 9.91. The lowest BCUT2D eigenvalue weighted by Crippen LogP contribution is -2.65. The van der Waals surface area contributed by atoms with Crippen molar-refractivity contribution in [2.75, 3.05) is 13.1 Å². The largest absolute Gasteiger partial charge is 0.391 e. The predicted molar refractivity (Wildman–Crippen MR) is 69.3 cm³/mol. The highest BCUT2D eigenvalue weighted by Crippen LogP contribution is 2.28. The molecule has 0 saturated carbocycles. The molecule has 4 N–H and O–H groups in total. The molecule has 2 aliphatic heterocycles. The number of nitrogens with zero attached hydrogens (tertiary/aromatic N) is 1. The maximum atomic E-state index is 10.2. The number of hydrogen-bond donors (Lipinski definition) is 4. The molecule has 6 atom stereocenters. The van der Waals surface area contributed by atoms with E-state index in [4.69, 9.17) is 0 Å². The van der Waals surface area contributed by atoms with E-state index in [1.54, 1.807) is 0 Å². The molecule has 2 aliphatic rings. The van der Waals surface area contributed by atoms with E-state index in [-0.39, 0.29) is 12.1 Å². The zero-order valence-electron chi connectivity index (χ0n) is 11.3. The monoisotopic (exact) mass is 258 g/mol. The van der Waals surface area contributed by atoms with Crippen molar-refractivity contribution in [3.8, 4) is 0 Å². The Hall–Kier alpha value is -0.200. The van der Waals surface area contributed by atoms with Gasteiger partial charge >= 0.3 is 0 Å². The summed E-state index contributed by atoms with van der Waals surface area (Å²) in [6.45, 7) is 5.74. The minimum atomic E-state index is -0.859. The first-order valence-corrected chi connectivity index (χ1v) is 7.09. The summed E-state index contributed by atoms with van der Waals surface area (Å²) in [7, 11) is 0. The average molecular weight is 258 g/mol. The smallest absolute Gasteiger partial charge is 0.0994 e. The molecule has 2 heterocycles. The van der Waals surface area contributed by atoms with E-state index < -0.39 is 18.3 Å². The molecule has 5 nitrogen and oxygen atoms in total. The number of rotatable bonds is 4. The van der Waals surface area contributed by atoms with E-state index >= 15 is 0 Å². The van der Waals surface area contributed by atoms with Crippen molar-refractivity contribution in [2.24, 2.45) is 0 Å². The Bertz CT molecular complexity index is 277. The van der Waals surface area contributed by atoms with Gasteiger partial charge in [0.25, 0.3) is 0 Å². The third kappa shape index (κ3) is 2.70. The first kappa shape index (κ1) is 14.2. The zero-order chi connectivity index (χ0) is 13.3. The first-order valence-electron chi connectivity index (χ1n) is 7.09. The second-order valence-electron chi connectivity index (χ2n) is 5.79. The minimum Gasteiger partial charge on any atom is -0.391 e. The van der Waals surface area contributed by atoms with Crippen LogP contribution in [0, 0.1) is 0 Å². The lowest BCUT2D eigenvalue weighted by molar-refractivity contribution is -0.103. The Labute approximate surface area is 109 Å². The third-order valence-electron chi connectivity index (χ3n) is 4.29. The van der Waals surface area contributed by atoms with Crippen molar-refractivity contribution in [3.63, 3.8) is 0 Å². The molecule has 0 amide bonds. The number of aliphatic hydroxyl groups is 3. The van der Waals surface area contributed by atoms with Gasteiger partial charge in [0.1, 0.15) is 0 Å². The van der Waals surface area contributed by atoms with Gasteiger partial charge in [-0.25, -0.2) is 0 Å². The van der Waals surface area contributed by atoms with Crippen LogP contribution in [0.25, 0.3) is 0 Å². The van der Waals surface area contributed by atoms with Crippen LogP contribution >= 0.6 is 0 Å². The summed E-state index contributed by atoms with van der Waals surface area (Å²) < 4.78 is 0. The quantitative estimate of drug-likeness (QED) is 0.537. The normalized spacial score (nSPS) is 42.8. The number of hydrogen-bond acceptors (Lipinski definition) is 5. The van der Waals surface area contributed by atoms with E-state index in [0.29, 0.717) is 19.0 Å². The summed E-state index contributed by atoms with van der Waals surface area (Å²) in [5.41, 5.74) is 0. The van der Waals surface area contributed by atoms with Crippen molar-refractivity contribution in [2.45, 2.75) is 69.5 Å². The van der Waals surface area contributed by atoms with E-state index in [9.17, 15) is 15.3 Å². The molecule has 2 fully saturated rings. The molecule has 5 heteroatoms. The van der Waals surface area contributed by atoms with Crippen molar-refractivity contribution >= 4 is 0 Å². The summed E-state index contributed by atoms with van der Waals surface area (Å²) in [5, 5.41) is 33.5. The van der Waals surface area contributed by atoms with E-state index in [2.05, 4.69) is 24.1 Å². The van der Waals surface area contributed by atoms with E-state index in [1.165, 1.54) is 0 Å². The van der Waals surface area contributed by atoms with Gasteiger partial charge in [0.15, 0.2) is 0 Å². The molecule has 18 heavy (non-hydrogen) atoms. The van der Waals surface area contributed by atoms with Gasteiger partial charge in [-0.3, -0.25) is 4.90 Å². The van der Waals surface area contributed by atoms with Crippen molar-refractivity contribution in [1.82, 2.24) is 10.2 Å². The topological polar surface area (TPSA) is 76.0 Å². The summed E-state index contributed by atoms with van der Waals surface area (Å²) in [5.74, 6) is 0. The van der Waals surface area contributed by atoms with Crippen LogP contribution in [-0.4, -0.2) is 69.7 Å². The fraction of sp³-hybridized carbons (Fsp3) is 1.00. The Morgan fingerprint density at radius 2 is 2.00 bits per heavy atom. The Morgan fingerprint density at radius 3 is 2.67 bits per heavy atom. The van der Waals surface area contributed by atoms with Crippen molar-refractivity contribution in [3.05, 3.63) is 0 Å². The van der Waals surface area contributed by atoms with Crippen LogP contribution in [0.4, 0.5) is 0 Å². The molecule has 2 saturated heterocycles. The summed E-state index contributed by atoms with van der Waals surface area (Å²) >= 11 is 0. The molecule has 0 aliphatic carbocycles. The molecular formula is C13H26N2O3. The van der Waals surface area contributed by atoms with Gasteiger partial charge in [-0.1, -0.05) is 13.3 Å². The summed E-state index contributed by atoms with van der Waals surface area (Å²) in [4.78, 5) is 2.10. The third-order valence-corrected chi connectivity index (χ3v) is 4.29. The van der Waals surface area contributed by atoms with Crippen LogP contribution in [-0.2, 0) is 0 Å².